The molecule has 0 heterocycles. The summed E-state index contributed by atoms with van der Waals surface area (Å²) in [7, 11) is 0. The van der Waals surface area contributed by atoms with Crippen molar-refractivity contribution in [2.24, 2.45) is 0 Å². The molecule has 6 heteroatoms. The molecule has 0 saturated heterocycles. The number of nitrogens with one attached hydrogen (secondary N) is 1. The van der Waals surface area contributed by atoms with E-state index in [1.165, 1.54) is 6.07 Å². The second kappa shape index (κ2) is 7.04. The summed E-state index contributed by atoms with van der Waals surface area (Å²) in [5, 5.41) is 4.75. The van der Waals surface area contributed by atoms with Crippen molar-refractivity contribution in [1.82, 2.24) is 4.90 Å². The Labute approximate surface area is 150 Å². The maximum atomic E-state index is 13.9. The van der Waals surface area contributed by atoms with Gasteiger partial charge in [-0.2, -0.15) is 0 Å². The minimum Gasteiger partial charge on any atom is -0.342 e. The van der Waals surface area contributed by atoms with Gasteiger partial charge >= 0.3 is 0 Å². The molecule has 2 nitrogen and oxygen atoms in total. The molecule has 23 heavy (non-hydrogen) atoms. The maximum absolute atomic E-state index is 13.9. The highest BCUT2D eigenvalue weighted by Gasteiger charge is 2.31. The summed E-state index contributed by atoms with van der Waals surface area (Å²) in [5.74, 6) is -0.217. The maximum Gasteiger partial charge on any atom is 0.174 e. The summed E-state index contributed by atoms with van der Waals surface area (Å²) in [6.07, 6.45) is 2.12. The van der Waals surface area contributed by atoms with E-state index in [0.29, 0.717) is 39.0 Å². The molecule has 2 aromatic rings. The molecular weight excluding hydrogens is 354 g/mol. The van der Waals surface area contributed by atoms with Gasteiger partial charge in [0.05, 0.1) is 10.7 Å². The molecule has 0 amide bonds. The number of hydrogen-bond donors (Lipinski definition) is 1. The van der Waals surface area contributed by atoms with E-state index in [-0.39, 0.29) is 5.82 Å². The third-order valence-electron chi connectivity index (χ3n) is 3.72. The second-order valence-corrected chi connectivity index (χ2v) is 6.74. The average molecular weight is 369 g/mol. The molecule has 0 aromatic heterocycles. The van der Waals surface area contributed by atoms with E-state index < -0.39 is 0 Å². The lowest BCUT2D eigenvalue weighted by molar-refractivity contribution is 0.400. The highest BCUT2D eigenvalue weighted by Crippen LogP contribution is 2.31. The van der Waals surface area contributed by atoms with Crippen LogP contribution >= 0.6 is 35.4 Å². The molecule has 1 saturated carbocycles. The van der Waals surface area contributed by atoms with Crippen molar-refractivity contribution in [2.75, 3.05) is 5.32 Å². The first kappa shape index (κ1) is 16.5. The molecule has 1 fully saturated rings. The molecule has 1 aliphatic rings. The van der Waals surface area contributed by atoms with Gasteiger partial charge in [-0.1, -0.05) is 41.4 Å². The molecule has 3 rings (SSSR count). The molecular formula is C17H15Cl2FN2S. The first-order valence-corrected chi connectivity index (χ1v) is 8.47. The Morgan fingerprint density at radius 1 is 1.22 bits per heavy atom. The molecule has 0 aliphatic heterocycles. The topological polar surface area (TPSA) is 15.3 Å². The summed E-state index contributed by atoms with van der Waals surface area (Å²) < 4.78 is 13.9. The van der Waals surface area contributed by atoms with Crippen LogP contribution in [0.1, 0.15) is 18.4 Å². The molecule has 0 bridgehead atoms. The van der Waals surface area contributed by atoms with Crippen molar-refractivity contribution >= 4 is 46.2 Å². The summed E-state index contributed by atoms with van der Waals surface area (Å²) in [5.41, 5.74) is 1.33. The van der Waals surface area contributed by atoms with E-state index in [4.69, 9.17) is 35.4 Å². The number of thiocarbonyl (C=S) groups is 1. The minimum atomic E-state index is -0.217. The van der Waals surface area contributed by atoms with Crippen LogP contribution in [0.25, 0.3) is 0 Å². The largest absolute Gasteiger partial charge is 0.342 e. The smallest absolute Gasteiger partial charge is 0.174 e. The van der Waals surface area contributed by atoms with Crippen LogP contribution in [0.2, 0.25) is 10.0 Å². The van der Waals surface area contributed by atoms with Gasteiger partial charge in [0.15, 0.2) is 5.11 Å². The van der Waals surface area contributed by atoms with Gasteiger partial charge in [0.2, 0.25) is 0 Å². The van der Waals surface area contributed by atoms with E-state index in [9.17, 15) is 4.39 Å². The fraction of sp³-hybridized carbons (Fsp3) is 0.235. The fourth-order valence-electron chi connectivity index (χ4n) is 2.34. The predicted molar refractivity (Wildman–Crippen MR) is 97.6 cm³/mol. The number of halogens is 3. The van der Waals surface area contributed by atoms with E-state index in [1.54, 1.807) is 30.3 Å². The molecule has 1 N–H and O–H groups in total. The first-order valence-electron chi connectivity index (χ1n) is 7.30. The molecule has 0 atom stereocenters. The molecule has 0 radical (unpaired) electrons. The minimum absolute atomic E-state index is 0.217. The van der Waals surface area contributed by atoms with Crippen LogP contribution in [-0.4, -0.2) is 16.1 Å². The van der Waals surface area contributed by atoms with Gasteiger partial charge in [-0.05, 0) is 49.3 Å². The zero-order chi connectivity index (χ0) is 16.4. The van der Waals surface area contributed by atoms with Gasteiger partial charge in [0.25, 0.3) is 0 Å². The summed E-state index contributed by atoms with van der Waals surface area (Å²) in [4.78, 5) is 2.01. The number of rotatable bonds is 4. The Bertz CT molecular complexity index is 734. The van der Waals surface area contributed by atoms with E-state index in [1.807, 2.05) is 11.0 Å². The number of nitrogens with zero attached hydrogens (tertiary/aromatic N) is 1. The first-order chi connectivity index (χ1) is 11.0. The summed E-state index contributed by atoms with van der Waals surface area (Å²) in [6, 6.07) is 12.3. The third kappa shape index (κ3) is 4.14. The van der Waals surface area contributed by atoms with Gasteiger partial charge in [-0.25, -0.2) is 4.39 Å². The zero-order valence-corrected chi connectivity index (χ0v) is 14.6. The Hall–Kier alpha value is -1.36. The predicted octanol–water partition coefficient (Wildman–Crippen LogP) is 5.49. The Balaban J connectivity index is 1.76. The highest BCUT2D eigenvalue weighted by molar-refractivity contribution is 7.80. The van der Waals surface area contributed by atoms with Crippen molar-refractivity contribution in [2.45, 2.75) is 25.4 Å². The number of anilines is 1. The lowest BCUT2D eigenvalue weighted by atomic mass is 10.2. The van der Waals surface area contributed by atoms with Crippen LogP contribution in [0, 0.1) is 5.82 Å². The SMILES string of the molecule is Fc1ccccc1CN(C(=S)Nc1ccc(Cl)cc1Cl)C1CC1. The number of hydrogen-bond acceptors (Lipinski definition) is 1. The Morgan fingerprint density at radius 3 is 2.61 bits per heavy atom. The fourth-order valence-corrected chi connectivity index (χ4v) is 3.12. The summed E-state index contributed by atoms with van der Waals surface area (Å²) in [6.45, 7) is 0.439. The lowest BCUT2D eigenvalue weighted by Crippen LogP contribution is -2.36. The van der Waals surface area contributed by atoms with Gasteiger partial charge in [-0.15, -0.1) is 0 Å². The van der Waals surface area contributed by atoms with E-state index >= 15 is 0 Å². The molecule has 0 unspecified atom stereocenters. The molecule has 1 aliphatic carbocycles. The van der Waals surface area contributed by atoms with Crippen LogP contribution in [0.3, 0.4) is 0 Å². The molecule has 0 spiro atoms. The van der Waals surface area contributed by atoms with Crippen LogP contribution in [0.5, 0.6) is 0 Å². The average Bonchev–Trinajstić information content (AvgIpc) is 3.34. The normalized spacial score (nSPS) is 13.7. The Kier molecular flexibility index (Phi) is 5.05. The van der Waals surface area contributed by atoms with Crippen molar-refractivity contribution < 1.29 is 4.39 Å². The summed E-state index contributed by atoms with van der Waals surface area (Å²) >= 11 is 17.6. The van der Waals surface area contributed by atoms with Crippen LogP contribution in [-0.2, 0) is 6.54 Å². The van der Waals surface area contributed by atoms with Crippen molar-refractivity contribution in [3.63, 3.8) is 0 Å². The van der Waals surface area contributed by atoms with Crippen LogP contribution in [0.15, 0.2) is 42.5 Å². The second-order valence-electron chi connectivity index (χ2n) is 5.50. The van der Waals surface area contributed by atoms with Crippen molar-refractivity contribution in [3.8, 4) is 0 Å². The van der Waals surface area contributed by atoms with Crippen LogP contribution in [0.4, 0.5) is 10.1 Å². The zero-order valence-electron chi connectivity index (χ0n) is 12.2. The van der Waals surface area contributed by atoms with E-state index in [0.717, 1.165) is 12.8 Å². The molecule has 120 valence electrons. The number of benzene rings is 2. The monoisotopic (exact) mass is 368 g/mol. The molecule has 2 aromatic carbocycles. The highest BCUT2D eigenvalue weighted by atomic mass is 35.5. The van der Waals surface area contributed by atoms with Crippen LogP contribution < -0.4 is 5.32 Å². The van der Waals surface area contributed by atoms with Crippen molar-refractivity contribution in [1.29, 1.82) is 0 Å². The van der Waals surface area contributed by atoms with E-state index in [2.05, 4.69) is 5.32 Å². The third-order valence-corrected chi connectivity index (χ3v) is 4.60. The standard InChI is InChI=1S/C17H15Cl2FN2S/c18-12-5-8-16(14(19)9-12)21-17(23)22(13-6-7-13)10-11-3-1-2-4-15(11)20/h1-5,8-9,13H,6-7,10H2,(H,21,23). The van der Waals surface area contributed by atoms with Crippen molar-refractivity contribution in [3.05, 3.63) is 63.9 Å². The Morgan fingerprint density at radius 2 is 1.96 bits per heavy atom. The van der Waals surface area contributed by atoms with Gasteiger partial charge in [0.1, 0.15) is 5.82 Å². The van der Waals surface area contributed by atoms with Gasteiger partial charge in [-0.3, -0.25) is 0 Å². The lowest BCUT2D eigenvalue weighted by Gasteiger charge is -2.26. The quantitative estimate of drug-likeness (QED) is 0.717. The van der Waals surface area contributed by atoms with Gasteiger partial charge in [0, 0.05) is 23.2 Å². The van der Waals surface area contributed by atoms with Gasteiger partial charge < -0.3 is 10.2 Å².